The van der Waals surface area contributed by atoms with Crippen molar-refractivity contribution in [3.05, 3.63) is 0 Å². The molecule has 0 fully saturated rings. The summed E-state index contributed by atoms with van der Waals surface area (Å²) in [5.41, 5.74) is -0.711. The minimum Gasteiger partial charge on any atom is -0.811 e. The van der Waals surface area contributed by atoms with Crippen LogP contribution in [0.25, 0.3) is 0 Å². The fourth-order valence-corrected chi connectivity index (χ4v) is 2.17. The van der Waals surface area contributed by atoms with Crippen LogP contribution in [0.3, 0.4) is 0 Å². The van der Waals surface area contributed by atoms with Crippen molar-refractivity contribution in [2.45, 2.75) is 39.3 Å². The molecule has 0 saturated heterocycles. The molecule has 1 atom stereocenters. The minimum absolute atomic E-state index is 0.0239. The third-order valence-electron chi connectivity index (χ3n) is 2.23. The zero-order chi connectivity index (χ0) is 9.07. The standard InChI is InChI=1S/C7H17O3P/c1-4-7(5-2)6(3)11(8,9)10/h6-7H,4-5H2,1-3H3,(H2,8,9,10)/p-2. The second-order valence-electron chi connectivity index (χ2n) is 2.86. The van der Waals surface area contributed by atoms with Gasteiger partial charge in [-0.15, -0.1) is 0 Å². The highest BCUT2D eigenvalue weighted by atomic mass is 31.2. The smallest absolute Gasteiger partial charge is 0.0134 e. The van der Waals surface area contributed by atoms with Gasteiger partial charge in [0.05, 0.1) is 0 Å². The van der Waals surface area contributed by atoms with Gasteiger partial charge in [0.1, 0.15) is 0 Å². The zero-order valence-electron chi connectivity index (χ0n) is 7.24. The predicted octanol–water partition coefficient (Wildman–Crippen LogP) is 0.725. The highest BCUT2D eigenvalue weighted by Crippen LogP contribution is 2.38. The molecule has 0 N–H and O–H groups in total. The van der Waals surface area contributed by atoms with Gasteiger partial charge >= 0.3 is 0 Å². The topological polar surface area (TPSA) is 63.2 Å². The largest absolute Gasteiger partial charge is 0.811 e. The maximum Gasteiger partial charge on any atom is -0.0134 e. The molecule has 11 heavy (non-hydrogen) atoms. The SMILES string of the molecule is CCC(CC)C(C)P(=O)([O-])[O-]. The molecule has 0 aromatic carbocycles. The first kappa shape index (κ1) is 11.2. The van der Waals surface area contributed by atoms with Gasteiger partial charge in [0.2, 0.25) is 0 Å². The molecule has 0 saturated carbocycles. The summed E-state index contributed by atoms with van der Waals surface area (Å²) in [6, 6.07) is 0. The van der Waals surface area contributed by atoms with Gasteiger partial charge < -0.3 is 14.4 Å². The number of hydrogen-bond acceptors (Lipinski definition) is 3. The van der Waals surface area contributed by atoms with Gasteiger partial charge in [0, 0.05) is 0 Å². The Morgan fingerprint density at radius 1 is 1.27 bits per heavy atom. The first-order chi connectivity index (χ1) is 4.93. The number of rotatable bonds is 4. The zero-order valence-corrected chi connectivity index (χ0v) is 8.14. The van der Waals surface area contributed by atoms with Crippen molar-refractivity contribution in [3.63, 3.8) is 0 Å². The highest BCUT2D eigenvalue weighted by molar-refractivity contribution is 7.49. The molecule has 68 valence electrons. The Kier molecular flexibility index (Phi) is 4.30. The lowest BCUT2D eigenvalue weighted by atomic mass is 10.0. The Hall–Kier alpha value is 0.150. The maximum absolute atomic E-state index is 10.6. The number of hydrogen-bond donors (Lipinski definition) is 0. The van der Waals surface area contributed by atoms with Gasteiger partial charge in [0.25, 0.3) is 0 Å². The summed E-state index contributed by atoms with van der Waals surface area (Å²) in [6.45, 7) is 5.30. The molecule has 0 aliphatic rings. The summed E-state index contributed by atoms with van der Waals surface area (Å²) in [4.78, 5) is 21.1. The van der Waals surface area contributed by atoms with Crippen molar-refractivity contribution in [1.82, 2.24) is 0 Å². The quantitative estimate of drug-likeness (QED) is 0.596. The van der Waals surface area contributed by atoms with Crippen molar-refractivity contribution in [2.75, 3.05) is 0 Å². The van der Waals surface area contributed by atoms with Gasteiger partial charge in [0.15, 0.2) is 0 Å². The van der Waals surface area contributed by atoms with Crippen LogP contribution >= 0.6 is 7.60 Å². The van der Waals surface area contributed by atoms with E-state index < -0.39 is 13.3 Å². The first-order valence-electron chi connectivity index (χ1n) is 3.95. The molecule has 0 bridgehead atoms. The molecule has 1 unspecified atom stereocenters. The van der Waals surface area contributed by atoms with Crippen molar-refractivity contribution in [1.29, 1.82) is 0 Å². The summed E-state index contributed by atoms with van der Waals surface area (Å²) in [6.07, 6.45) is 1.51. The van der Waals surface area contributed by atoms with Crippen LogP contribution in [0.5, 0.6) is 0 Å². The second kappa shape index (κ2) is 4.24. The average Bonchev–Trinajstić information content (AvgIpc) is 1.88. The van der Waals surface area contributed by atoms with Crippen LogP contribution in [0.4, 0.5) is 0 Å². The Balaban J connectivity index is 4.21. The van der Waals surface area contributed by atoms with E-state index >= 15 is 0 Å². The van der Waals surface area contributed by atoms with E-state index in [1.807, 2.05) is 13.8 Å². The molecule has 0 heterocycles. The second-order valence-corrected chi connectivity index (χ2v) is 4.75. The van der Waals surface area contributed by atoms with Gasteiger partial charge in [-0.2, -0.15) is 0 Å². The highest BCUT2D eigenvalue weighted by Gasteiger charge is 2.15. The molecule has 0 rings (SSSR count). The summed E-state index contributed by atoms with van der Waals surface area (Å²) in [7, 11) is -4.35. The van der Waals surface area contributed by atoms with Gasteiger partial charge in [-0.25, -0.2) is 0 Å². The third kappa shape index (κ3) is 3.37. The Labute approximate surface area is 68.0 Å². The van der Waals surface area contributed by atoms with Crippen LogP contribution < -0.4 is 9.79 Å². The van der Waals surface area contributed by atoms with Crippen molar-refractivity contribution >= 4 is 7.60 Å². The van der Waals surface area contributed by atoms with E-state index in [1.54, 1.807) is 0 Å². The molecule has 0 aromatic heterocycles. The summed E-state index contributed by atoms with van der Waals surface area (Å²) < 4.78 is 10.6. The van der Waals surface area contributed by atoms with Crippen LogP contribution in [-0.4, -0.2) is 5.66 Å². The lowest BCUT2D eigenvalue weighted by Gasteiger charge is -2.40. The lowest BCUT2D eigenvalue weighted by molar-refractivity contribution is -0.317. The third-order valence-corrected chi connectivity index (χ3v) is 3.65. The van der Waals surface area contributed by atoms with E-state index in [-0.39, 0.29) is 5.92 Å². The average molecular weight is 178 g/mol. The molecule has 0 aliphatic heterocycles. The molecule has 0 radical (unpaired) electrons. The van der Waals surface area contributed by atoms with E-state index in [0.717, 1.165) is 12.8 Å². The van der Waals surface area contributed by atoms with Crippen LogP contribution in [0.2, 0.25) is 0 Å². The van der Waals surface area contributed by atoms with Crippen molar-refractivity contribution < 1.29 is 14.4 Å². The maximum atomic E-state index is 10.6. The molecule has 0 spiro atoms. The Morgan fingerprint density at radius 2 is 1.64 bits per heavy atom. The summed E-state index contributed by atoms with van der Waals surface area (Å²) in [5.74, 6) is 0.0239. The summed E-state index contributed by atoms with van der Waals surface area (Å²) in [5, 5.41) is 0. The molecular formula is C7H15O3P-2. The van der Waals surface area contributed by atoms with Crippen LogP contribution in [0, 0.1) is 5.92 Å². The van der Waals surface area contributed by atoms with Crippen LogP contribution in [-0.2, 0) is 4.57 Å². The van der Waals surface area contributed by atoms with Crippen LogP contribution in [0.15, 0.2) is 0 Å². The molecule has 3 nitrogen and oxygen atoms in total. The van der Waals surface area contributed by atoms with Gasteiger partial charge in [-0.1, -0.05) is 41.2 Å². The molecule has 4 heteroatoms. The van der Waals surface area contributed by atoms with E-state index in [9.17, 15) is 14.4 Å². The van der Waals surface area contributed by atoms with Gasteiger partial charge in [-0.3, -0.25) is 0 Å². The minimum atomic E-state index is -4.35. The molecule has 0 aromatic rings. The molecule has 0 aliphatic carbocycles. The molecule has 0 amide bonds. The van der Waals surface area contributed by atoms with E-state index in [2.05, 4.69) is 0 Å². The van der Waals surface area contributed by atoms with Gasteiger partial charge in [-0.05, 0) is 11.6 Å². The van der Waals surface area contributed by atoms with E-state index in [1.165, 1.54) is 6.92 Å². The fraction of sp³-hybridized carbons (Fsp3) is 1.00. The Morgan fingerprint density at radius 3 is 1.73 bits per heavy atom. The van der Waals surface area contributed by atoms with E-state index in [4.69, 9.17) is 0 Å². The summed E-state index contributed by atoms with van der Waals surface area (Å²) >= 11 is 0. The molecular weight excluding hydrogens is 163 g/mol. The normalized spacial score (nSPS) is 15.5. The predicted molar refractivity (Wildman–Crippen MR) is 41.1 cm³/mol. The fourth-order valence-electron chi connectivity index (χ4n) is 1.23. The van der Waals surface area contributed by atoms with E-state index in [0.29, 0.717) is 0 Å². The first-order valence-corrected chi connectivity index (χ1v) is 5.56. The van der Waals surface area contributed by atoms with Crippen molar-refractivity contribution in [2.24, 2.45) is 5.92 Å². The van der Waals surface area contributed by atoms with Crippen molar-refractivity contribution in [3.8, 4) is 0 Å². The van der Waals surface area contributed by atoms with Crippen LogP contribution in [0.1, 0.15) is 33.6 Å². The monoisotopic (exact) mass is 178 g/mol. The lowest BCUT2D eigenvalue weighted by Crippen LogP contribution is -2.29. The Bertz CT molecular complexity index is 148.